The van der Waals surface area contributed by atoms with Crippen LogP contribution in [-0.4, -0.2) is 32.8 Å². The molecule has 2 heterocycles. The van der Waals surface area contributed by atoms with Crippen molar-refractivity contribution in [2.24, 2.45) is 0 Å². The molecule has 0 atom stereocenters. The summed E-state index contributed by atoms with van der Waals surface area (Å²) in [6, 6.07) is 7.41. The fraction of sp³-hybridized carbons (Fsp3) is 0.294. The minimum Gasteiger partial charge on any atom is -0.356 e. The first-order valence-electron chi connectivity index (χ1n) is 7.76. The van der Waals surface area contributed by atoms with E-state index in [1.165, 1.54) is 17.7 Å². The molecule has 0 saturated heterocycles. The van der Waals surface area contributed by atoms with Crippen molar-refractivity contribution in [3.8, 4) is 0 Å². The number of Topliss-reactive ketones (excluding diaryl/α,β-unsaturated/α-hetero) is 1. The molecule has 0 aliphatic carbocycles. The first-order valence-corrected chi connectivity index (χ1v) is 8.64. The van der Waals surface area contributed by atoms with E-state index in [0.29, 0.717) is 18.5 Å². The first-order chi connectivity index (χ1) is 11.6. The SMILES string of the molecule is Cc1ccc(C(=O)CCC(=O)NCCc2csc3ncnn23)cc1. The largest absolute Gasteiger partial charge is 0.356 e. The quantitative estimate of drug-likeness (QED) is 0.669. The minimum absolute atomic E-state index is 0.00712. The van der Waals surface area contributed by atoms with E-state index in [2.05, 4.69) is 15.4 Å². The van der Waals surface area contributed by atoms with Gasteiger partial charge in [-0.15, -0.1) is 11.3 Å². The Kier molecular flexibility index (Phi) is 5.00. The van der Waals surface area contributed by atoms with E-state index in [4.69, 9.17) is 0 Å². The van der Waals surface area contributed by atoms with Gasteiger partial charge in [-0.3, -0.25) is 9.59 Å². The van der Waals surface area contributed by atoms with Gasteiger partial charge in [-0.2, -0.15) is 5.10 Å². The van der Waals surface area contributed by atoms with Crippen molar-refractivity contribution < 1.29 is 9.59 Å². The van der Waals surface area contributed by atoms with Gasteiger partial charge >= 0.3 is 0 Å². The molecule has 0 unspecified atom stereocenters. The van der Waals surface area contributed by atoms with Crippen LogP contribution >= 0.6 is 11.3 Å². The molecule has 3 aromatic rings. The molecule has 0 bridgehead atoms. The lowest BCUT2D eigenvalue weighted by molar-refractivity contribution is -0.121. The predicted octanol–water partition coefficient (Wildman–Crippen LogP) is 2.42. The molecule has 0 aliphatic heterocycles. The normalized spacial score (nSPS) is 10.9. The number of hydrogen-bond donors (Lipinski definition) is 1. The average molecular weight is 342 g/mol. The molecule has 3 rings (SSSR count). The molecule has 6 nitrogen and oxygen atoms in total. The van der Waals surface area contributed by atoms with Crippen molar-refractivity contribution in [1.29, 1.82) is 0 Å². The van der Waals surface area contributed by atoms with E-state index in [1.54, 1.807) is 16.6 Å². The number of nitrogens with zero attached hydrogens (tertiary/aromatic N) is 3. The third-order valence-corrected chi connectivity index (χ3v) is 4.62. The maximum Gasteiger partial charge on any atom is 0.220 e. The summed E-state index contributed by atoms with van der Waals surface area (Å²) in [6.07, 6.45) is 2.63. The standard InChI is InChI=1S/C17H18N4O2S/c1-12-2-4-13(5-3-12)15(22)6-7-16(23)18-9-8-14-10-24-17-19-11-20-21(14)17/h2-5,10-11H,6-9H2,1H3,(H,18,23). The number of thiazole rings is 1. The monoisotopic (exact) mass is 342 g/mol. The maximum absolute atomic E-state index is 12.0. The number of amides is 1. The van der Waals surface area contributed by atoms with Crippen LogP contribution in [0.5, 0.6) is 0 Å². The van der Waals surface area contributed by atoms with E-state index in [0.717, 1.165) is 16.2 Å². The number of rotatable bonds is 7. The number of fused-ring (bicyclic) bond motifs is 1. The zero-order chi connectivity index (χ0) is 16.9. The topological polar surface area (TPSA) is 76.4 Å². The van der Waals surface area contributed by atoms with Crippen LogP contribution in [0.25, 0.3) is 4.96 Å². The molecule has 24 heavy (non-hydrogen) atoms. The van der Waals surface area contributed by atoms with Crippen LogP contribution in [-0.2, 0) is 11.2 Å². The summed E-state index contributed by atoms with van der Waals surface area (Å²) < 4.78 is 1.78. The lowest BCUT2D eigenvalue weighted by Crippen LogP contribution is -2.26. The van der Waals surface area contributed by atoms with Crippen LogP contribution in [0.1, 0.15) is 34.5 Å². The Morgan fingerprint density at radius 3 is 2.79 bits per heavy atom. The van der Waals surface area contributed by atoms with Crippen molar-refractivity contribution in [2.75, 3.05) is 6.54 Å². The Morgan fingerprint density at radius 1 is 1.21 bits per heavy atom. The number of nitrogens with one attached hydrogen (secondary N) is 1. The van der Waals surface area contributed by atoms with Crippen LogP contribution in [0.15, 0.2) is 36.0 Å². The summed E-state index contributed by atoms with van der Waals surface area (Å²) in [5.74, 6) is -0.118. The summed E-state index contributed by atoms with van der Waals surface area (Å²) >= 11 is 1.52. The zero-order valence-corrected chi connectivity index (χ0v) is 14.2. The number of aromatic nitrogens is 3. The fourth-order valence-corrected chi connectivity index (χ4v) is 3.20. The van der Waals surface area contributed by atoms with E-state index in [9.17, 15) is 9.59 Å². The number of hydrogen-bond acceptors (Lipinski definition) is 5. The fourth-order valence-electron chi connectivity index (χ4n) is 2.37. The average Bonchev–Trinajstić information content (AvgIpc) is 3.18. The van der Waals surface area contributed by atoms with Gasteiger partial charge in [0, 0.05) is 36.8 Å². The van der Waals surface area contributed by atoms with Crippen molar-refractivity contribution in [3.05, 3.63) is 52.8 Å². The third-order valence-electron chi connectivity index (χ3n) is 3.74. The van der Waals surface area contributed by atoms with Gasteiger partial charge in [0.25, 0.3) is 0 Å². The van der Waals surface area contributed by atoms with E-state index in [-0.39, 0.29) is 24.5 Å². The van der Waals surface area contributed by atoms with Crippen molar-refractivity contribution in [2.45, 2.75) is 26.2 Å². The lowest BCUT2D eigenvalue weighted by Gasteiger charge is -2.05. The zero-order valence-electron chi connectivity index (χ0n) is 13.4. The van der Waals surface area contributed by atoms with Gasteiger partial charge in [-0.05, 0) is 6.92 Å². The summed E-state index contributed by atoms with van der Waals surface area (Å²) in [4.78, 5) is 28.9. The van der Waals surface area contributed by atoms with Crippen molar-refractivity contribution in [1.82, 2.24) is 19.9 Å². The number of benzene rings is 1. The van der Waals surface area contributed by atoms with Gasteiger partial charge in [0.15, 0.2) is 5.78 Å². The van der Waals surface area contributed by atoms with Gasteiger partial charge in [0.05, 0.1) is 5.69 Å². The summed E-state index contributed by atoms with van der Waals surface area (Å²) in [6.45, 7) is 2.49. The molecule has 0 radical (unpaired) electrons. The Hall–Kier alpha value is -2.54. The van der Waals surface area contributed by atoms with Crippen LogP contribution in [0.4, 0.5) is 0 Å². The number of carbonyl (C=O) groups excluding carboxylic acids is 2. The van der Waals surface area contributed by atoms with Crippen LogP contribution < -0.4 is 5.32 Å². The molecule has 124 valence electrons. The third kappa shape index (κ3) is 3.86. The van der Waals surface area contributed by atoms with E-state index >= 15 is 0 Å². The highest BCUT2D eigenvalue weighted by atomic mass is 32.1. The molecule has 7 heteroatoms. The van der Waals surface area contributed by atoms with Gasteiger partial charge < -0.3 is 5.32 Å². The van der Waals surface area contributed by atoms with E-state index in [1.807, 2.05) is 24.4 Å². The molecule has 0 spiro atoms. The lowest BCUT2D eigenvalue weighted by atomic mass is 10.1. The van der Waals surface area contributed by atoms with Gasteiger partial charge in [-0.25, -0.2) is 9.50 Å². The Balaban J connectivity index is 1.42. The second-order valence-corrected chi connectivity index (χ2v) is 6.41. The van der Waals surface area contributed by atoms with Crippen molar-refractivity contribution >= 4 is 28.0 Å². The number of ketones is 1. The maximum atomic E-state index is 12.0. The number of aryl methyl sites for hydroxylation is 1. The molecule has 2 aromatic heterocycles. The Labute approximate surface area is 143 Å². The highest BCUT2D eigenvalue weighted by molar-refractivity contribution is 7.15. The molecule has 1 N–H and O–H groups in total. The highest BCUT2D eigenvalue weighted by Crippen LogP contribution is 2.12. The first kappa shape index (κ1) is 16.3. The molecule has 1 amide bonds. The smallest absolute Gasteiger partial charge is 0.220 e. The summed E-state index contributed by atoms with van der Waals surface area (Å²) in [5, 5.41) is 8.97. The molecule has 0 fully saturated rings. The van der Waals surface area contributed by atoms with Gasteiger partial charge in [-0.1, -0.05) is 29.8 Å². The molecule has 0 saturated carbocycles. The van der Waals surface area contributed by atoms with Crippen LogP contribution in [0.2, 0.25) is 0 Å². The van der Waals surface area contributed by atoms with Gasteiger partial charge in [0.2, 0.25) is 10.9 Å². The Bertz CT molecular complexity index is 851. The van der Waals surface area contributed by atoms with Crippen molar-refractivity contribution in [3.63, 3.8) is 0 Å². The van der Waals surface area contributed by atoms with Crippen LogP contribution in [0.3, 0.4) is 0 Å². The second-order valence-electron chi connectivity index (χ2n) is 5.57. The molecular weight excluding hydrogens is 324 g/mol. The predicted molar refractivity (Wildman–Crippen MR) is 92.3 cm³/mol. The summed E-state index contributed by atoms with van der Waals surface area (Å²) in [7, 11) is 0. The molecule has 1 aromatic carbocycles. The molecule has 0 aliphatic rings. The van der Waals surface area contributed by atoms with E-state index < -0.39 is 0 Å². The van der Waals surface area contributed by atoms with Crippen LogP contribution in [0, 0.1) is 6.92 Å². The Morgan fingerprint density at radius 2 is 2.00 bits per heavy atom. The minimum atomic E-state index is -0.111. The van der Waals surface area contributed by atoms with Gasteiger partial charge in [0.1, 0.15) is 6.33 Å². The summed E-state index contributed by atoms with van der Waals surface area (Å²) in [5.41, 5.74) is 2.78. The molecular formula is C17H18N4O2S. The second kappa shape index (κ2) is 7.35. The number of carbonyl (C=O) groups is 2. The highest BCUT2D eigenvalue weighted by Gasteiger charge is 2.10.